The lowest BCUT2D eigenvalue weighted by Gasteiger charge is -2.27. The summed E-state index contributed by atoms with van der Waals surface area (Å²) in [6.07, 6.45) is 1.70. The van der Waals surface area contributed by atoms with Crippen LogP contribution >= 0.6 is 0 Å². The van der Waals surface area contributed by atoms with E-state index < -0.39 is 54.0 Å². The molecule has 1 heterocycles. The van der Waals surface area contributed by atoms with Crippen LogP contribution in [-0.4, -0.2) is 79.2 Å². The van der Waals surface area contributed by atoms with Crippen molar-refractivity contribution < 1.29 is 34.5 Å². The van der Waals surface area contributed by atoms with Crippen molar-refractivity contribution >= 4 is 23.7 Å². The maximum atomic E-state index is 13.2. The number of nitrogens with one attached hydrogen (secondary N) is 4. The number of hydrogen-bond donors (Lipinski definition) is 8. The minimum atomic E-state index is -1.60. The molecule has 202 valence electrons. The molecule has 5 unspecified atom stereocenters. The van der Waals surface area contributed by atoms with E-state index in [4.69, 9.17) is 5.73 Å². The Kier molecular flexibility index (Phi) is 10.6. The van der Waals surface area contributed by atoms with Crippen LogP contribution in [0.2, 0.25) is 0 Å². The molecule has 13 nitrogen and oxygen atoms in total. The molecule has 0 saturated heterocycles. The summed E-state index contributed by atoms with van der Waals surface area (Å²) in [6, 6.07) is 1.01. The van der Waals surface area contributed by atoms with Crippen molar-refractivity contribution in [1.82, 2.24) is 25.9 Å². The van der Waals surface area contributed by atoms with E-state index in [9.17, 15) is 34.5 Å². The second-order valence-corrected chi connectivity index (χ2v) is 9.11. The first kappa shape index (κ1) is 29.3. The van der Waals surface area contributed by atoms with Crippen LogP contribution in [0.15, 0.2) is 36.8 Å². The topological polar surface area (TPSA) is 220 Å². The highest BCUT2D eigenvalue weighted by Gasteiger charge is 2.33. The third-order valence-corrected chi connectivity index (χ3v) is 5.63. The largest absolute Gasteiger partial charge is 0.508 e. The lowest BCUT2D eigenvalue weighted by atomic mass is 10.00. The van der Waals surface area contributed by atoms with E-state index in [2.05, 4.69) is 25.9 Å². The fourth-order valence-corrected chi connectivity index (χ4v) is 3.50. The molecule has 5 atom stereocenters. The summed E-state index contributed by atoms with van der Waals surface area (Å²) in [6.45, 7) is 4.62. The summed E-state index contributed by atoms with van der Waals surface area (Å²) in [4.78, 5) is 57.1. The van der Waals surface area contributed by atoms with Crippen LogP contribution in [-0.2, 0) is 32.0 Å². The summed E-state index contributed by atoms with van der Waals surface area (Å²) in [5, 5.41) is 36.0. The zero-order valence-corrected chi connectivity index (χ0v) is 20.8. The van der Waals surface area contributed by atoms with Gasteiger partial charge in [0.15, 0.2) is 6.04 Å². The van der Waals surface area contributed by atoms with E-state index >= 15 is 0 Å². The second-order valence-electron chi connectivity index (χ2n) is 9.11. The van der Waals surface area contributed by atoms with E-state index in [1.807, 2.05) is 0 Å². The molecular weight excluding hydrogens is 484 g/mol. The number of hydrogen-bond acceptors (Lipinski definition) is 8. The Balaban J connectivity index is 2.19. The van der Waals surface area contributed by atoms with Crippen molar-refractivity contribution in [3.8, 4) is 5.75 Å². The molecule has 0 bridgehead atoms. The molecule has 0 aliphatic rings. The van der Waals surface area contributed by atoms with Crippen LogP contribution in [0, 0.1) is 5.92 Å². The van der Waals surface area contributed by atoms with E-state index in [-0.39, 0.29) is 24.5 Å². The van der Waals surface area contributed by atoms with Gasteiger partial charge in [-0.15, -0.1) is 0 Å². The van der Waals surface area contributed by atoms with Gasteiger partial charge in [0.05, 0.1) is 18.5 Å². The molecule has 0 aliphatic heterocycles. The normalized spacial score (nSPS) is 15.2. The Labute approximate surface area is 213 Å². The molecule has 0 fully saturated rings. The number of carbonyl (C=O) groups excluding carboxylic acids is 3. The SMILES string of the molecule is CC(C)C(NC(=O)C(N)Cc1cnc[nH]1)C(=O)NC(Cc1ccc(O)cc1)C(=O)NC(C(=O)O)C(C)O. The number of imidazole rings is 1. The molecule has 9 N–H and O–H groups in total. The van der Waals surface area contributed by atoms with Crippen molar-refractivity contribution in [3.63, 3.8) is 0 Å². The van der Waals surface area contributed by atoms with Crippen LogP contribution in [0.1, 0.15) is 32.0 Å². The molecule has 0 saturated carbocycles. The van der Waals surface area contributed by atoms with Crippen LogP contribution in [0.3, 0.4) is 0 Å². The van der Waals surface area contributed by atoms with Gasteiger partial charge in [0.25, 0.3) is 0 Å². The van der Waals surface area contributed by atoms with Crippen molar-refractivity contribution in [1.29, 1.82) is 0 Å². The molecule has 1 aromatic carbocycles. The lowest BCUT2D eigenvalue weighted by Crippen LogP contribution is -2.59. The Morgan fingerprint density at radius 2 is 1.57 bits per heavy atom. The highest BCUT2D eigenvalue weighted by atomic mass is 16.4. The minimum absolute atomic E-state index is 0.00267. The first-order valence-corrected chi connectivity index (χ1v) is 11.7. The Bertz CT molecular complexity index is 1060. The van der Waals surface area contributed by atoms with Crippen molar-refractivity contribution in [2.75, 3.05) is 0 Å². The van der Waals surface area contributed by atoms with Gasteiger partial charge in [-0.1, -0.05) is 26.0 Å². The second kappa shape index (κ2) is 13.4. The number of carbonyl (C=O) groups is 4. The van der Waals surface area contributed by atoms with Crippen LogP contribution in [0.5, 0.6) is 5.75 Å². The maximum absolute atomic E-state index is 13.2. The van der Waals surface area contributed by atoms with Crippen LogP contribution < -0.4 is 21.7 Å². The molecule has 37 heavy (non-hydrogen) atoms. The lowest BCUT2D eigenvalue weighted by molar-refractivity contribution is -0.145. The molecule has 3 amide bonds. The molecule has 0 spiro atoms. The number of aliphatic hydroxyl groups excluding tert-OH is 1. The average Bonchev–Trinajstić information content (AvgIpc) is 3.33. The first-order chi connectivity index (χ1) is 17.4. The number of phenols is 1. The molecule has 2 rings (SSSR count). The zero-order valence-electron chi connectivity index (χ0n) is 20.8. The summed E-state index contributed by atoms with van der Waals surface area (Å²) in [5.41, 5.74) is 7.18. The Morgan fingerprint density at radius 1 is 0.946 bits per heavy atom. The maximum Gasteiger partial charge on any atom is 0.328 e. The van der Waals surface area contributed by atoms with Gasteiger partial charge in [0.2, 0.25) is 17.7 Å². The molecule has 1 aromatic heterocycles. The van der Waals surface area contributed by atoms with Gasteiger partial charge in [-0.05, 0) is 30.5 Å². The molecule has 2 aromatic rings. The number of carboxylic acids is 1. The van der Waals surface area contributed by atoms with E-state index in [0.29, 0.717) is 11.3 Å². The third-order valence-electron chi connectivity index (χ3n) is 5.63. The summed E-state index contributed by atoms with van der Waals surface area (Å²) in [5.74, 6) is -3.94. The highest BCUT2D eigenvalue weighted by Crippen LogP contribution is 2.13. The number of aliphatic carboxylic acids is 1. The number of nitrogens with zero attached hydrogens (tertiary/aromatic N) is 1. The van der Waals surface area contributed by atoms with Gasteiger partial charge in [-0.25, -0.2) is 9.78 Å². The zero-order chi connectivity index (χ0) is 27.7. The smallest absolute Gasteiger partial charge is 0.328 e. The number of amides is 3. The van der Waals surface area contributed by atoms with Crippen molar-refractivity contribution in [3.05, 3.63) is 48.0 Å². The summed E-state index contributed by atoms with van der Waals surface area (Å²) >= 11 is 0. The van der Waals surface area contributed by atoms with Gasteiger partial charge in [0.1, 0.15) is 17.8 Å². The fourth-order valence-electron chi connectivity index (χ4n) is 3.50. The average molecular weight is 519 g/mol. The molecule has 0 radical (unpaired) electrons. The number of nitrogens with two attached hydrogens (primary N) is 1. The number of aromatic nitrogens is 2. The first-order valence-electron chi connectivity index (χ1n) is 11.7. The predicted molar refractivity (Wildman–Crippen MR) is 132 cm³/mol. The quantitative estimate of drug-likeness (QED) is 0.159. The Hall–Kier alpha value is -3.97. The molecule has 0 aliphatic carbocycles. The fraction of sp³-hybridized carbons (Fsp3) is 0.458. The van der Waals surface area contributed by atoms with Crippen molar-refractivity contribution in [2.24, 2.45) is 11.7 Å². The monoisotopic (exact) mass is 518 g/mol. The van der Waals surface area contributed by atoms with Gasteiger partial charge in [-0.2, -0.15) is 0 Å². The van der Waals surface area contributed by atoms with Gasteiger partial charge < -0.3 is 42.0 Å². The number of H-pyrrole nitrogens is 1. The van der Waals surface area contributed by atoms with Gasteiger partial charge in [0, 0.05) is 24.7 Å². The minimum Gasteiger partial charge on any atom is -0.508 e. The summed E-state index contributed by atoms with van der Waals surface area (Å²) in [7, 11) is 0. The number of phenolic OH excluding ortho intramolecular Hbond substituents is 1. The number of benzene rings is 1. The standard InChI is InChI=1S/C24H34N6O7/c1-12(2)19(29-21(33)17(25)9-15-10-26-11-27-15)23(35)28-18(8-14-4-6-16(32)7-5-14)22(34)30-20(13(3)31)24(36)37/h4-7,10-13,17-20,31-32H,8-9,25H2,1-3H3,(H,26,27)(H,28,35)(H,29,33)(H,30,34)(H,36,37). The van der Waals surface area contributed by atoms with E-state index in [0.717, 1.165) is 0 Å². The molecular formula is C24H34N6O7. The molecule has 13 heteroatoms. The number of aromatic amines is 1. The predicted octanol–water partition coefficient (Wildman–Crippen LogP) is -1.20. The summed E-state index contributed by atoms with van der Waals surface area (Å²) < 4.78 is 0. The number of aromatic hydroxyl groups is 1. The third kappa shape index (κ3) is 8.88. The van der Waals surface area contributed by atoms with E-state index in [1.165, 1.54) is 31.6 Å². The van der Waals surface area contributed by atoms with Crippen LogP contribution in [0.4, 0.5) is 0 Å². The number of aliphatic hydroxyl groups is 1. The Morgan fingerprint density at radius 3 is 2.08 bits per heavy atom. The van der Waals surface area contributed by atoms with E-state index in [1.54, 1.807) is 26.0 Å². The number of rotatable bonds is 13. The highest BCUT2D eigenvalue weighted by molar-refractivity contribution is 5.94. The van der Waals surface area contributed by atoms with Gasteiger partial charge >= 0.3 is 5.97 Å². The van der Waals surface area contributed by atoms with Crippen LogP contribution in [0.25, 0.3) is 0 Å². The number of carboxylic acid groups (broad SMARTS) is 1. The van der Waals surface area contributed by atoms with Gasteiger partial charge in [-0.3, -0.25) is 14.4 Å². The van der Waals surface area contributed by atoms with Crippen molar-refractivity contribution in [2.45, 2.75) is 63.9 Å².